The van der Waals surface area contributed by atoms with Gasteiger partial charge in [-0.05, 0) is 19.4 Å². The predicted molar refractivity (Wildman–Crippen MR) is 59.4 cm³/mol. The van der Waals surface area contributed by atoms with E-state index in [1.807, 2.05) is 13.8 Å². The van der Waals surface area contributed by atoms with E-state index in [1.54, 1.807) is 5.54 Å². The zero-order chi connectivity index (χ0) is 10.6. The minimum absolute atomic E-state index is 0.0955. The second kappa shape index (κ2) is 5.71. The molecule has 82 valence electrons. The molecule has 0 aliphatic carbocycles. The van der Waals surface area contributed by atoms with Crippen LogP contribution in [0.15, 0.2) is 11.1 Å². The minimum Gasteiger partial charge on any atom is -0.374 e. The molecular formula is C10H19ClN2O. The van der Waals surface area contributed by atoms with E-state index >= 15 is 0 Å². The van der Waals surface area contributed by atoms with Gasteiger partial charge in [-0.3, -0.25) is 4.90 Å². The van der Waals surface area contributed by atoms with Crippen LogP contribution in [0, 0.1) is 0 Å². The van der Waals surface area contributed by atoms with Crippen molar-refractivity contribution in [2.75, 3.05) is 26.2 Å². The summed E-state index contributed by atoms with van der Waals surface area (Å²) in [6, 6.07) is 0.0955. The quantitative estimate of drug-likeness (QED) is 0.773. The van der Waals surface area contributed by atoms with Gasteiger partial charge in [-0.25, -0.2) is 0 Å². The Morgan fingerprint density at radius 1 is 1.79 bits per heavy atom. The molecule has 1 saturated heterocycles. The van der Waals surface area contributed by atoms with Gasteiger partial charge in [-0.15, -0.1) is 0 Å². The number of halogens is 1. The van der Waals surface area contributed by atoms with Crippen LogP contribution in [0.1, 0.15) is 13.8 Å². The molecule has 0 radical (unpaired) electrons. The highest BCUT2D eigenvalue weighted by Crippen LogP contribution is 2.09. The van der Waals surface area contributed by atoms with E-state index in [2.05, 4.69) is 4.90 Å². The Hall–Kier alpha value is -0.0900. The van der Waals surface area contributed by atoms with Crippen molar-refractivity contribution < 1.29 is 4.74 Å². The summed E-state index contributed by atoms with van der Waals surface area (Å²) >= 11 is 5.63. The highest BCUT2D eigenvalue weighted by atomic mass is 35.5. The standard InChI is InChI=1S/C10H19ClN2O/c1-8(5-11)6-13-3-4-14-10(7-13)9(2)12/h5,9-10H,3-4,6-7,12H2,1-2H3. The molecule has 0 aromatic rings. The fraction of sp³-hybridized carbons (Fsp3) is 0.800. The molecule has 0 amide bonds. The van der Waals surface area contributed by atoms with Crippen LogP contribution < -0.4 is 5.73 Å². The third-order valence-electron chi connectivity index (χ3n) is 2.42. The lowest BCUT2D eigenvalue weighted by atomic mass is 10.1. The summed E-state index contributed by atoms with van der Waals surface area (Å²) < 4.78 is 5.57. The van der Waals surface area contributed by atoms with E-state index in [-0.39, 0.29) is 12.1 Å². The van der Waals surface area contributed by atoms with Crippen LogP contribution in [0.2, 0.25) is 0 Å². The van der Waals surface area contributed by atoms with Crippen LogP contribution in [0.4, 0.5) is 0 Å². The minimum atomic E-state index is 0.0955. The van der Waals surface area contributed by atoms with E-state index in [0.717, 1.165) is 26.2 Å². The Morgan fingerprint density at radius 3 is 3.07 bits per heavy atom. The number of hydrogen-bond acceptors (Lipinski definition) is 3. The van der Waals surface area contributed by atoms with Crippen molar-refractivity contribution in [3.63, 3.8) is 0 Å². The van der Waals surface area contributed by atoms with Crippen molar-refractivity contribution in [1.29, 1.82) is 0 Å². The fourth-order valence-electron chi connectivity index (χ4n) is 1.58. The summed E-state index contributed by atoms with van der Waals surface area (Å²) in [5.74, 6) is 0. The number of morpholine rings is 1. The molecule has 0 aromatic carbocycles. The van der Waals surface area contributed by atoms with Crippen LogP contribution in [0.5, 0.6) is 0 Å². The first-order valence-corrected chi connectivity index (χ1v) is 5.42. The zero-order valence-corrected chi connectivity index (χ0v) is 9.63. The van der Waals surface area contributed by atoms with Gasteiger partial charge in [0, 0.05) is 31.2 Å². The number of nitrogens with zero attached hydrogens (tertiary/aromatic N) is 1. The SMILES string of the molecule is CC(=CCl)CN1CCOC(C(C)N)C1. The summed E-state index contributed by atoms with van der Waals surface area (Å²) in [4.78, 5) is 2.33. The first kappa shape index (κ1) is 12.0. The molecule has 3 nitrogen and oxygen atoms in total. The van der Waals surface area contributed by atoms with Crippen LogP contribution in [-0.4, -0.2) is 43.3 Å². The van der Waals surface area contributed by atoms with Gasteiger partial charge in [0.05, 0.1) is 12.7 Å². The molecule has 0 aromatic heterocycles. The van der Waals surface area contributed by atoms with E-state index in [4.69, 9.17) is 22.1 Å². The lowest BCUT2D eigenvalue weighted by molar-refractivity contribution is -0.0346. The first-order valence-electron chi connectivity index (χ1n) is 4.99. The predicted octanol–water partition coefficient (Wildman–Crippen LogP) is 1.18. The molecule has 2 unspecified atom stereocenters. The second-order valence-corrected chi connectivity index (χ2v) is 4.18. The maximum atomic E-state index is 5.80. The van der Waals surface area contributed by atoms with Gasteiger partial charge in [-0.1, -0.05) is 11.6 Å². The normalized spacial score (nSPS) is 27.7. The lowest BCUT2D eigenvalue weighted by Gasteiger charge is -2.34. The summed E-state index contributed by atoms with van der Waals surface area (Å²) in [6.07, 6.45) is 0.159. The van der Waals surface area contributed by atoms with E-state index in [1.165, 1.54) is 5.57 Å². The average Bonchev–Trinajstić information content (AvgIpc) is 2.18. The Kier molecular flexibility index (Phi) is 4.89. The molecule has 1 rings (SSSR count). The number of nitrogens with two attached hydrogens (primary N) is 1. The molecule has 2 atom stereocenters. The summed E-state index contributed by atoms with van der Waals surface area (Å²) in [6.45, 7) is 7.56. The Balaban J connectivity index is 2.40. The number of rotatable bonds is 3. The third kappa shape index (κ3) is 3.58. The topological polar surface area (TPSA) is 38.5 Å². The highest BCUT2D eigenvalue weighted by molar-refractivity contribution is 6.25. The monoisotopic (exact) mass is 218 g/mol. The zero-order valence-electron chi connectivity index (χ0n) is 8.87. The van der Waals surface area contributed by atoms with Gasteiger partial charge >= 0.3 is 0 Å². The molecule has 4 heteroatoms. The van der Waals surface area contributed by atoms with Gasteiger partial charge in [0.15, 0.2) is 0 Å². The Bertz CT molecular complexity index is 206. The summed E-state index contributed by atoms with van der Waals surface area (Å²) in [5, 5.41) is 0. The Labute approximate surface area is 90.8 Å². The van der Waals surface area contributed by atoms with Crippen LogP contribution in [-0.2, 0) is 4.74 Å². The lowest BCUT2D eigenvalue weighted by Crippen LogP contribution is -2.49. The molecule has 1 heterocycles. The van der Waals surface area contributed by atoms with Crippen molar-refractivity contribution in [3.05, 3.63) is 11.1 Å². The molecule has 1 aliphatic heterocycles. The van der Waals surface area contributed by atoms with Gasteiger partial charge in [-0.2, -0.15) is 0 Å². The molecule has 1 fully saturated rings. The van der Waals surface area contributed by atoms with Gasteiger partial charge < -0.3 is 10.5 Å². The van der Waals surface area contributed by atoms with Gasteiger partial charge in [0.25, 0.3) is 0 Å². The van der Waals surface area contributed by atoms with E-state index in [9.17, 15) is 0 Å². The van der Waals surface area contributed by atoms with Crippen molar-refractivity contribution >= 4 is 11.6 Å². The summed E-state index contributed by atoms with van der Waals surface area (Å²) in [7, 11) is 0. The molecule has 0 saturated carbocycles. The second-order valence-electron chi connectivity index (χ2n) is 3.96. The maximum Gasteiger partial charge on any atom is 0.0850 e. The largest absolute Gasteiger partial charge is 0.374 e. The molecule has 1 aliphatic rings. The maximum absolute atomic E-state index is 5.80. The van der Waals surface area contributed by atoms with Gasteiger partial charge in [0.1, 0.15) is 0 Å². The molecule has 0 bridgehead atoms. The smallest absolute Gasteiger partial charge is 0.0850 e. The van der Waals surface area contributed by atoms with Crippen LogP contribution >= 0.6 is 11.6 Å². The van der Waals surface area contributed by atoms with Crippen LogP contribution in [0.25, 0.3) is 0 Å². The molecule has 0 spiro atoms. The highest BCUT2D eigenvalue weighted by Gasteiger charge is 2.22. The first-order chi connectivity index (χ1) is 6.63. The number of hydrogen-bond donors (Lipinski definition) is 1. The van der Waals surface area contributed by atoms with Crippen molar-refractivity contribution in [3.8, 4) is 0 Å². The number of ether oxygens (including phenoxy) is 1. The van der Waals surface area contributed by atoms with Crippen LogP contribution in [0.3, 0.4) is 0 Å². The molecule has 2 N–H and O–H groups in total. The Morgan fingerprint density at radius 2 is 2.50 bits per heavy atom. The van der Waals surface area contributed by atoms with Crippen molar-refractivity contribution in [1.82, 2.24) is 4.90 Å². The molecule has 14 heavy (non-hydrogen) atoms. The van der Waals surface area contributed by atoms with E-state index in [0.29, 0.717) is 0 Å². The fourth-order valence-corrected chi connectivity index (χ4v) is 1.65. The van der Waals surface area contributed by atoms with Crippen molar-refractivity contribution in [2.24, 2.45) is 5.73 Å². The average molecular weight is 219 g/mol. The van der Waals surface area contributed by atoms with Gasteiger partial charge in [0.2, 0.25) is 0 Å². The summed E-state index contributed by atoms with van der Waals surface area (Å²) in [5.41, 5.74) is 8.61. The third-order valence-corrected chi connectivity index (χ3v) is 2.80. The molecular weight excluding hydrogens is 200 g/mol. The van der Waals surface area contributed by atoms with E-state index < -0.39 is 0 Å². The van der Waals surface area contributed by atoms with Crippen molar-refractivity contribution in [2.45, 2.75) is 26.0 Å².